The van der Waals surface area contributed by atoms with Crippen molar-refractivity contribution < 1.29 is 19.3 Å². The molecule has 0 spiro atoms. The molecule has 0 saturated carbocycles. The normalized spacial score (nSPS) is 12.5. The van der Waals surface area contributed by atoms with Crippen LogP contribution in [0.15, 0.2) is 54.6 Å². The molecule has 0 unspecified atom stereocenters. The first kappa shape index (κ1) is 25.9. The Bertz CT molecular complexity index is 1000. The number of ether oxygens (including phenoxy) is 3. The van der Waals surface area contributed by atoms with Gasteiger partial charge in [0.1, 0.15) is 11.4 Å². The lowest BCUT2D eigenvalue weighted by molar-refractivity contribution is -0.0121. The lowest BCUT2D eigenvalue weighted by atomic mass is 10.1. The molecule has 34 heavy (non-hydrogen) atoms. The van der Waals surface area contributed by atoms with Crippen molar-refractivity contribution in [3.05, 3.63) is 65.7 Å². The van der Waals surface area contributed by atoms with Crippen molar-refractivity contribution in [2.24, 2.45) is 7.05 Å². The summed E-state index contributed by atoms with van der Waals surface area (Å²) in [4.78, 5) is 2.16. The molecule has 0 aliphatic heterocycles. The summed E-state index contributed by atoms with van der Waals surface area (Å²) >= 11 is 0. The minimum atomic E-state index is -0.613. The molecule has 0 amide bonds. The Balaban J connectivity index is 1.93. The highest BCUT2D eigenvalue weighted by molar-refractivity contribution is 5.65. The van der Waals surface area contributed by atoms with E-state index < -0.39 is 6.10 Å². The van der Waals surface area contributed by atoms with Crippen molar-refractivity contribution in [3.8, 4) is 22.9 Å². The lowest BCUT2D eigenvalue weighted by Gasteiger charge is -2.25. The van der Waals surface area contributed by atoms with Gasteiger partial charge in [-0.1, -0.05) is 48.0 Å². The number of aliphatic hydroxyl groups is 1. The minimum Gasteiger partial charge on any atom is -0.439 e. The van der Waals surface area contributed by atoms with Gasteiger partial charge in [0, 0.05) is 39.4 Å². The summed E-state index contributed by atoms with van der Waals surface area (Å²) in [5.74, 6) is 1.43. The highest BCUT2D eigenvalue weighted by Crippen LogP contribution is 2.34. The molecule has 2 aromatic carbocycles. The third-order valence-electron chi connectivity index (χ3n) is 5.45. The van der Waals surface area contributed by atoms with E-state index in [1.165, 1.54) is 5.56 Å². The average molecular weight is 468 g/mol. The molecule has 1 aromatic heterocycles. The summed E-state index contributed by atoms with van der Waals surface area (Å²) in [6.45, 7) is 8.46. The second-order valence-corrected chi connectivity index (χ2v) is 8.80. The molecule has 7 heteroatoms. The molecule has 0 fully saturated rings. The highest BCUT2D eigenvalue weighted by Gasteiger charge is 2.23. The smallest absolute Gasteiger partial charge is 0.222 e. The molecule has 184 valence electrons. The highest BCUT2D eigenvalue weighted by atomic mass is 16.5. The minimum absolute atomic E-state index is 0.0691. The predicted molar refractivity (Wildman–Crippen MR) is 134 cm³/mol. The Morgan fingerprint density at radius 2 is 1.76 bits per heavy atom. The van der Waals surface area contributed by atoms with E-state index in [0.717, 1.165) is 22.6 Å². The van der Waals surface area contributed by atoms with E-state index in [1.54, 1.807) is 11.8 Å². The van der Waals surface area contributed by atoms with E-state index >= 15 is 0 Å². The molecule has 7 nitrogen and oxygen atoms in total. The van der Waals surface area contributed by atoms with Crippen LogP contribution in [0.5, 0.6) is 11.6 Å². The average Bonchev–Trinajstić information content (AvgIpc) is 3.13. The first-order chi connectivity index (χ1) is 16.4. The maximum Gasteiger partial charge on any atom is 0.222 e. The SMILES string of the molecule is COCCN(Cc1c(-c2ccccc2)nn(C)c1Oc1ccc(C)cc1)C[C@@H](O)COC(C)C. The summed E-state index contributed by atoms with van der Waals surface area (Å²) in [6, 6.07) is 18.1. The Hall–Kier alpha value is -2.71. The molecule has 0 bridgehead atoms. The van der Waals surface area contributed by atoms with E-state index in [0.29, 0.717) is 32.1 Å². The molecular formula is C27H37N3O4. The fourth-order valence-corrected chi connectivity index (χ4v) is 3.70. The lowest BCUT2D eigenvalue weighted by Crippen LogP contribution is -2.37. The molecule has 1 heterocycles. The van der Waals surface area contributed by atoms with Crippen LogP contribution in [0.25, 0.3) is 11.3 Å². The quantitative estimate of drug-likeness (QED) is 0.401. The van der Waals surface area contributed by atoms with E-state index in [2.05, 4.69) is 11.8 Å². The molecule has 1 atom stereocenters. The summed E-state index contributed by atoms with van der Waals surface area (Å²) in [5, 5.41) is 15.4. The number of benzene rings is 2. The van der Waals surface area contributed by atoms with Crippen molar-refractivity contribution in [2.75, 3.05) is 33.4 Å². The molecule has 0 saturated heterocycles. The van der Waals surface area contributed by atoms with Crippen LogP contribution >= 0.6 is 0 Å². The number of aliphatic hydroxyl groups excluding tert-OH is 1. The van der Waals surface area contributed by atoms with E-state index in [-0.39, 0.29) is 12.7 Å². The molecule has 0 aliphatic carbocycles. The van der Waals surface area contributed by atoms with Gasteiger partial charge in [-0.15, -0.1) is 0 Å². The fraction of sp³-hybridized carbons (Fsp3) is 0.444. The molecule has 3 rings (SSSR count). The van der Waals surface area contributed by atoms with Crippen molar-refractivity contribution >= 4 is 0 Å². The molecule has 3 aromatic rings. The molecule has 0 aliphatic rings. The number of hydrogen-bond donors (Lipinski definition) is 1. The maximum absolute atomic E-state index is 10.6. The van der Waals surface area contributed by atoms with Gasteiger partial charge in [0.15, 0.2) is 0 Å². The van der Waals surface area contributed by atoms with Crippen LogP contribution in [0.2, 0.25) is 0 Å². The van der Waals surface area contributed by atoms with Crippen molar-refractivity contribution in [1.82, 2.24) is 14.7 Å². The van der Waals surface area contributed by atoms with Crippen molar-refractivity contribution in [1.29, 1.82) is 0 Å². The fourth-order valence-electron chi connectivity index (χ4n) is 3.70. The summed E-state index contributed by atoms with van der Waals surface area (Å²) in [5.41, 5.74) is 4.01. The van der Waals surface area contributed by atoms with Crippen LogP contribution in [0.4, 0.5) is 0 Å². The number of aryl methyl sites for hydroxylation is 2. The number of methoxy groups -OCH3 is 1. The van der Waals surface area contributed by atoms with Crippen LogP contribution in [0.1, 0.15) is 25.0 Å². The second-order valence-electron chi connectivity index (χ2n) is 8.80. The zero-order valence-electron chi connectivity index (χ0n) is 20.9. The van der Waals surface area contributed by atoms with E-state index in [4.69, 9.17) is 19.3 Å². The first-order valence-corrected chi connectivity index (χ1v) is 11.7. The van der Waals surface area contributed by atoms with Gasteiger partial charge >= 0.3 is 0 Å². The monoisotopic (exact) mass is 467 g/mol. The molecular weight excluding hydrogens is 430 g/mol. The van der Waals surface area contributed by atoms with Gasteiger partial charge in [0.25, 0.3) is 0 Å². The van der Waals surface area contributed by atoms with Gasteiger partial charge in [-0.2, -0.15) is 5.10 Å². The van der Waals surface area contributed by atoms with E-state index in [9.17, 15) is 5.11 Å². The topological polar surface area (TPSA) is 69.0 Å². The summed E-state index contributed by atoms with van der Waals surface area (Å²) in [6.07, 6.45) is -0.544. The second kappa shape index (κ2) is 12.7. The zero-order chi connectivity index (χ0) is 24.5. The van der Waals surface area contributed by atoms with Crippen LogP contribution < -0.4 is 4.74 Å². The number of aromatic nitrogens is 2. The standard InChI is InChI=1S/C27H37N3O4/c1-20(2)33-19-23(31)17-30(15-16-32-5)18-25-26(22-9-7-6-8-10-22)28-29(4)27(25)34-24-13-11-21(3)12-14-24/h6-14,20,23,31H,15-19H2,1-5H3/t23-/m1/s1. The van der Waals surface area contributed by atoms with Crippen molar-refractivity contribution in [3.63, 3.8) is 0 Å². The van der Waals surface area contributed by atoms with Crippen LogP contribution in [0, 0.1) is 6.92 Å². The Kier molecular flexibility index (Phi) is 9.65. The van der Waals surface area contributed by atoms with Crippen LogP contribution in [0.3, 0.4) is 0 Å². The van der Waals surface area contributed by atoms with Gasteiger partial charge in [0.05, 0.1) is 31.0 Å². The van der Waals surface area contributed by atoms with Gasteiger partial charge < -0.3 is 19.3 Å². The third-order valence-corrected chi connectivity index (χ3v) is 5.45. The summed E-state index contributed by atoms with van der Waals surface area (Å²) in [7, 11) is 3.58. The molecule has 1 N–H and O–H groups in total. The van der Waals surface area contributed by atoms with Crippen LogP contribution in [-0.2, 0) is 23.1 Å². The molecule has 0 radical (unpaired) electrons. The zero-order valence-corrected chi connectivity index (χ0v) is 20.9. The van der Waals surface area contributed by atoms with Crippen molar-refractivity contribution in [2.45, 2.75) is 39.5 Å². The first-order valence-electron chi connectivity index (χ1n) is 11.7. The predicted octanol–water partition coefficient (Wildman–Crippen LogP) is 4.42. The third kappa shape index (κ3) is 7.40. The number of nitrogens with zero attached hydrogens (tertiary/aromatic N) is 3. The van der Waals surface area contributed by atoms with Gasteiger partial charge in [0.2, 0.25) is 5.88 Å². The maximum atomic E-state index is 10.6. The largest absolute Gasteiger partial charge is 0.439 e. The Labute approximate surface area is 202 Å². The van der Waals surface area contributed by atoms with E-state index in [1.807, 2.05) is 75.5 Å². The Morgan fingerprint density at radius 1 is 1.06 bits per heavy atom. The number of hydrogen-bond acceptors (Lipinski definition) is 6. The number of rotatable bonds is 13. The summed E-state index contributed by atoms with van der Waals surface area (Å²) < 4.78 is 19.1. The van der Waals surface area contributed by atoms with Crippen LogP contribution in [-0.4, -0.2) is 65.4 Å². The Morgan fingerprint density at radius 3 is 2.41 bits per heavy atom. The van der Waals surface area contributed by atoms with Gasteiger partial charge in [-0.25, -0.2) is 4.68 Å². The van der Waals surface area contributed by atoms with Gasteiger partial charge in [-0.05, 0) is 32.9 Å². The van der Waals surface area contributed by atoms with Gasteiger partial charge in [-0.3, -0.25) is 4.90 Å².